The molecule has 0 aliphatic rings. The number of aliphatic hydroxyl groups is 1. The van der Waals surface area contributed by atoms with Gasteiger partial charge in [-0.05, 0) is 36.8 Å². The molecule has 1 atom stereocenters. The van der Waals surface area contributed by atoms with Crippen molar-refractivity contribution in [2.45, 2.75) is 19.6 Å². The maximum absolute atomic E-state index is 13.7. The van der Waals surface area contributed by atoms with Crippen LogP contribution in [0.2, 0.25) is 0 Å². The van der Waals surface area contributed by atoms with Gasteiger partial charge in [0.15, 0.2) is 11.6 Å². The van der Waals surface area contributed by atoms with Crippen molar-refractivity contribution in [2.24, 2.45) is 0 Å². The zero-order valence-corrected chi connectivity index (χ0v) is 10.0. The average molecular weight is 247 g/mol. The molecule has 18 heavy (non-hydrogen) atoms. The molecule has 0 aliphatic heterocycles. The number of hydrogen-bond acceptors (Lipinski definition) is 3. The maximum Gasteiger partial charge on any atom is 0.165 e. The molecule has 0 saturated carbocycles. The highest BCUT2D eigenvalue weighted by molar-refractivity contribution is 5.30. The molecule has 1 aromatic carbocycles. The van der Waals surface area contributed by atoms with Crippen molar-refractivity contribution in [1.29, 1.82) is 0 Å². The second kappa shape index (κ2) is 5.60. The van der Waals surface area contributed by atoms with Crippen LogP contribution in [0.1, 0.15) is 24.3 Å². The lowest BCUT2D eigenvalue weighted by Crippen LogP contribution is -2.00. The van der Waals surface area contributed by atoms with Gasteiger partial charge in [0.2, 0.25) is 0 Å². The molecule has 0 spiro atoms. The molecule has 0 unspecified atom stereocenters. The zero-order valence-electron chi connectivity index (χ0n) is 10.0. The van der Waals surface area contributed by atoms with Crippen LogP contribution in [-0.4, -0.2) is 10.1 Å². The van der Waals surface area contributed by atoms with Crippen LogP contribution in [0.5, 0.6) is 5.75 Å². The van der Waals surface area contributed by atoms with E-state index in [1.165, 1.54) is 12.1 Å². The minimum Gasteiger partial charge on any atom is -0.484 e. The Morgan fingerprint density at radius 3 is 2.78 bits per heavy atom. The van der Waals surface area contributed by atoms with Crippen LogP contribution < -0.4 is 4.74 Å². The largest absolute Gasteiger partial charge is 0.484 e. The molecule has 0 amide bonds. The normalized spacial score (nSPS) is 12.2. The highest BCUT2D eigenvalue weighted by Gasteiger charge is 2.08. The van der Waals surface area contributed by atoms with Crippen LogP contribution >= 0.6 is 0 Å². The molecule has 0 bridgehead atoms. The Morgan fingerprint density at radius 1 is 1.33 bits per heavy atom. The molecule has 0 radical (unpaired) electrons. The number of hydrogen-bond donors (Lipinski definition) is 1. The highest BCUT2D eigenvalue weighted by atomic mass is 19.1. The lowest BCUT2D eigenvalue weighted by molar-refractivity contribution is 0.198. The van der Waals surface area contributed by atoms with E-state index in [0.717, 1.165) is 5.69 Å². The Morgan fingerprint density at radius 2 is 2.17 bits per heavy atom. The summed E-state index contributed by atoms with van der Waals surface area (Å²) in [6.07, 6.45) is 0.968. The number of nitrogens with zero attached hydrogens (tertiary/aromatic N) is 1. The molecule has 2 aromatic rings. The molecular formula is C14H14FNO2. The molecule has 0 saturated heterocycles. The predicted octanol–water partition coefficient (Wildman–Crippen LogP) is 2.85. The first-order valence-corrected chi connectivity index (χ1v) is 5.67. The van der Waals surface area contributed by atoms with Gasteiger partial charge in [-0.1, -0.05) is 12.1 Å². The number of benzene rings is 1. The van der Waals surface area contributed by atoms with Gasteiger partial charge < -0.3 is 9.84 Å². The van der Waals surface area contributed by atoms with E-state index in [-0.39, 0.29) is 12.4 Å². The fourth-order valence-electron chi connectivity index (χ4n) is 1.53. The summed E-state index contributed by atoms with van der Waals surface area (Å²) in [5.41, 5.74) is 1.26. The molecule has 94 valence electrons. The lowest BCUT2D eigenvalue weighted by Gasteiger charge is -2.09. The van der Waals surface area contributed by atoms with Crippen molar-refractivity contribution in [3.8, 4) is 5.75 Å². The molecule has 1 N–H and O–H groups in total. The van der Waals surface area contributed by atoms with Gasteiger partial charge in [0.1, 0.15) is 6.61 Å². The number of pyridine rings is 1. The first-order valence-electron chi connectivity index (χ1n) is 5.67. The van der Waals surface area contributed by atoms with E-state index in [1.807, 2.05) is 18.2 Å². The van der Waals surface area contributed by atoms with Gasteiger partial charge in [-0.2, -0.15) is 0 Å². The molecule has 0 aliphatic carbocycles. The predicted molar refractivity (Wildman–Crippen MR) is 65.6 cm³/mol. The van der Waals surface area contributed by atoms with Crippen molar-refractivity contribution in [2.75, 3.05) is 0 Å². The Hall–Kier alpha value is -1.94. The second-order valence-electron chi connectivity index (χ2n) is 3.98. The molecule has 3 nitrogen and oxygen atoms in total. The summed E-state index contributed by atoms with van der Waals surface area (Å²) >= 11 is 0. The summed E-state index contributed by atoms with van der Waals surface area (Å²) in [5, 5.41) is 9.33. The van der Waals surface area contributed by atoms with Crippen molar-refractivity contribution >= 4 is 0 Å². The van der Waals surface area contributed by atoms with Gasteiger partial charge in [-0.25, -0.2) is 4.39 Å². The van der Waals surface area contributed by atoms with Crippen LogP contribution in [0.15, 0.2) is 42.6 Å². The third-order valence-electron chi connectivity index (χ3n) is 2.54. The van der Waals surface area contributed by atoms with E-state index < -0.39 is 11.9 Å². The first-order chi connectivity index (χ1) is 8.66. The monoisotopic (exact) mass is 247 g/mol. The van der Waals surface area contributed by atoms with Gasteiger partial charge in [0, 0.05) is 6.20 Å². The maximum atomic E-state index is 13.7. The van der Waals surface area contributed by atoms with Crippen LogP contribution in [0.4, 0.5) is 4.39 Å². The first kappa shape index (κ1) is 12.5. The van der Waals surface area contributed by atoms with Crippen LogP contribution in [0.3, 0.4) is 0 Å². The smallest absolute Gasteiger partial charge is 0.165 e. The fraction of sp³-hybridized carbons (Fsp3) is 0.214. The van der Waals surface area contributed by atoms with Crippen LogP contribution in [0, 0.1) is 5.82 Å². The highest BCUT2D eigenvalue weighted by Crippen LogP contribution is 2.22. The van der Waals surface area contributed by atoms with Gasteiger partial charge in [0.05, 0.1) is 11.8 Å². The molecule has 1 aromatic heterocycles. The van der Waals surface area contributed by atoms with Crippen molar-refractivity contribution in [3.05, 3.63) is 59.7 Å². The standard InChI is InChI=1S/C14H14FNO2/c1-10(17)11-5-6-14(13(15)8-11)18-9-12-4-2-3-7-16-12/h2-8,10,17H,9H2,1H3/t10-/m1/s1. The van der Waals surface area contributed by atoms with Gasteiger partial charge >= 0.3 is 0 Å². The van der Waals surface area contributed by atoms with E-state index in [1.54, 1.807) is 19.2 Å². The van der Waals surface area contributed by atoms with E-state index >= 15 is 0 Å². The third kappa shape index (κ3) is 3.05. The number of aromatic nitrogens is 1. The summed E-state index contributed by atoms with van der Waals surface area (Å²) in [4.78, 5) is 4.08. The van der Waals surface area contributed by atoms with Crippen LogP contribution in [-0.2, 0) is 6.61 Å². The number of ether oxygens (including phenoxy) is 1. The summed E-state index contributed by atoms with van der Waals surface area (Å²) in [5.74, 6) is -0.325. The number of rotatable bonds is 4. The van der Waals surface area contributed by atoms with Crippen molar-refractivity contribution < 1.29 is 14.2 Å². The summed E-state index contributed by atoms with van der Waals surface area (Å²) in [6, 6.07) is 9.89. The zero-order chi connectivity index (χ0) is 13.0. The Bertz CT molecular complexity index is 514. The van der Waals surface area contributed by atoms with E-state index in [2.05, 4.69) is 4.98 Å². The summed E-state index contributed by atoms with van der Waals surface area (Å²) in [7, 11) is 0. The molecule has 1 heterocycles. The Labute approximate surface area is 105 Å². The molecule has 0 fully saturated rings. The average Bonchev–Trinajstić information content (AvgIpc) is 2.38. The van der Waals surface area contributed by atoms with Gasteiger partial charge in [0.25, 0.3) is 0 Å². The third-order valence-corrected chi connectivity index (χ3v) is 2.54. The summed E-state index contributed by atoms with van der Waals surface area (Å²) < 4.78 is 19.0. The number of aliphatic hydroxyl groups excluding tert-OH is 1. The SMILES string of the molecule is C[C@@H](O)c1ccc(OCc2ccccn2)c(F)c1. The quantitative estimate of drug-likeness (QED) is 0.903. The van der Waals surface area contributed by atoms with Crippen molar-refractivity contribution in [1.82, 2.24) is 4.98 Å². The topological polar surface area (TPSA) is 42.4 Å². The van der Waals surface area contributed by atoms with Gasteiger partial charge in [-0.15, -0.1) is 0 Å². The lowest BCUT2D eigenvalue weighted by atomic mass is 10.1. The molecule has 2 rings (SSSR count). The Kier molecular flexibility index (Phi) is 3.89. The minimum atomic E-state index is -0.690. The Balaban J connectivity index is 2.06. The van der Waals surface area contributed by atoms with Crippen LogP contribution in [0.25, 0.3) is 0 Å². The van der Waals surface area contributed by atoms with E-state index in [0.29, 0.717) is 5.56 Å². The van der Waals surface area contributed by atoms with E-state index in [9.17, 15) is 9.50 Å². The number of halogens is 1. The second-order valence-corrected chi connectivity index (χ2v) is 3.98. The summed E-state index contributed by atoms with van der Waals surface area (Å²) in [6.45, 7) is 1.80. The molecule has 4 heteroatoms. The van der Waals surface area contributed by atoms with E-state index in [4.69, 9.17) is 4.74 Å². The minimum absolute atomic E-state index is 0.157. The van der Waals surface area contributed by atoms with Gasteiger partial charge in [-0.3, -0.25) is 4.98 Å². The molecular weight excluding hydrogens is 233 g/mol. The van der Waals surface area contributed by atoms with Crippen molar-refractivity contribution in [3.63, 3.8) is 0 Å². The fourth-order valence-corrected chi connectivity index (χ4v) is 1.53.